The monoisotopic (exact) mass is 232 g/mol. The lowest BCUT2D eigenvalue weighted by Gasteiger charge is -2.21. The molecular weight excluding hydrogens is 208 g/mol. The Balaban J connectivity index is 3.89. The van der Waals surface area contributed by atoms with Gasteiger partial charge in [-0.1, -0.05) is 6.92 Å². The van der Waals surface area contributed by atoms with Crippen LogP contribution in [0, 0.1) is 0 Å². The maximum Gasteiger partial charge on any atom is 0.233 e. The number of thioether (sulfide) groups is 1. The van der Waals surface area contributed by atoms with E-state index in [2.05, 4.69) is 12.2 Å². The molecule has 0 saturated heterocycles. The van der Waals surface area contributed by atoms with E-state index in [-0.39, 0.29) is 22.7 Å². The van der Waals surface area contributed by atoms with Crippen LogP contribution in [0.4, 0.5) is 0 Å². The van der Waals surface area contributed by atoms with E-state index in [9.17, 15) is 4.79 Å². The second-order valence-electron chi connectivity index (χ2n) is 4.76. The summed E-state index contributed by atoms with van der Waals surface area (Å²) in [5.41, 5.74) is 5.65. The van der Waals surface area contributed by atoms with Gasteiger partial charge in [0.2, 0.25) is 5.91 Å². The van der Waals surface area contributed by atoms with Gasteiger partial charge in [-0.2, -0.15) is 0 Å². The lowest BCUT2D eigenvalue weighted by molar-refractivity contribution is -0.120. The SMILES string of the molecule is CCC(C)NC(=O)C(C)SCC(C)(C)N. The fraction of sp³-hybridized carbons (Fsp3) is 0.909. The lowest BCUT2D eigenvalue weighted by Crippen LogP contribution is -2.40. The van der Waals surface area contributed by atoms with Crippen LogP contribution in [0.5, 0.6) is 0 Å². The second kappa shape index (κ2) is 6.38. The first-order chi connectivity index (χ1) is 6.76. The predicted molar refractivity (Wildman–Crippen MR) is 68.1 cm³/mol. The fourth-order valence-electron chi connectivity index (χ4n) is 0.878. The summed E-state index contributed by atoms with van der Waals surface area (Å²) in [7, 11) is 0. The Morgan fingerprint density at radius 2 is 2.00 bits per heavy atom. The third-order valence-corrected chi connectivity index (χ3v) is 3.70. The zero-order valence-corrected chi connectivity index (χ0v) is 11.3. The largest absolute Gasteiger partial charge is 0.353 e. The summed E-state index contributed by atoms with van der Waals surface area (Å²) >= 11 is 1.61. The highest BCUT2D eigenvalue weighted by molar-refractivity contribution is 8.00. The van der Waals surface area contributed by atoms with Crippen molar-refractivity contribution in [2.75, 3.05) is 5.75 Å². The molecule has 0 rings (SSSR count). The van der Waals surface area contributed by atoms with Gasteiger partial charge in [0.15, 0.2) is 0 Å². The van der Waals surface area contributed by atoms with E-state index < -0.39 is 0 Å². The number of hydrogen-bond donors (Lipinski definition) is 2. The molecule has 0 radical (unpaired) electrons. The van der Waals surface area contributed by atoms with Gasteiger partial charge in [0.1, 0.15) is 0 Å². The second-order valence-corrected chi connectivity index (χ2v) is 6.09. The normalized spacial score (nSPS) is 15.9. The Bertz CT molecular complexity index is 201. The minimum absolute atomic E-state index is 0.0261. The molecule has 0 spiro atoms. The molecule has 2 unspecified atom stereocenters. The summed E-state index contributed by atoms with van der Waals surface area (Å²) in [4.78, 5) is 11.7. The van der Waals surface area contributed by atoms with Crippen LogP contribution in [0.1, 0.15) is 41.0 Å². The molecule has 3 N–H and O–H groups in total. The van der Waals surface area contributed by atoms with Crippen LogP contribution in [0.15, 0.2) is 0 Å². The molecule has 1 amide bonds. The summed E-state index contributed by atoms with van der Waals surface area (Å²) in [6.45, 7) is 9.95. The number of hydrogen-bond acceptors (Lipinski definition) is 3. The van der Waals surface area contributed by atoms with Gasteiger partial charge in [0, 0.05) is 17.3 Å². The van der Waals surface area contributed by atoms with E-state index in [1.54, 1.807) is 11.8 Å². The Labute approximate surface area is 97.6 Å². The smallest absolute Gasteiger partial charge is 0.233 e. The molecule has 0 aliphatic heterocycles. The minimum atomic E-state index is -0.213. The number of rotatable bonds is 6. The third-order valence-electron chi connectivity index (χ3n) is 2.08. The number of carbonyl (C=O) groups excluding carboxylic acids is 1. The molecule has 4 heteroatoms. The maximum atomic E-state index is 11.7. The van der Waals surface area contributed by atoms with Crippen LogP contribution in [0.25, 0.3) is 0 Å². The quantitative estimate of drug-likeness (QED) is 0.733. The van der Waals surface area contributed by atoms with Crippen molar-refractivity contribution in [2.45, 2.75) is 57.9 Å². The van der Waals surface area contributed by atoms with Gasteiger partial charge in [-0.25, -0.2) is 0 Å². The summed E-state index contributed by atoms with van der Waals surface area (Å²) in [6, 6.07) is 0.256. The van der Waals surface area contributed by atoms with Crippen LogP contribution >= 0.6 is 11.8 Å². The molecule has 0 aromatic heterocycles. The van der Waals surface area contributed by atoms with Gasteiger partial charge in [-0.05, 0) is 34.1 Å². The van der Waals surface area contributed by atoms with Crippen molar-refractivity contribution in [1.82, 2.24) is 5.32 Å². The summed E-state index contributed by atoms with van der Waals surface area (Å²) in [5, 5.41) is 2.94. The number of amides is 1. The van der Waals surface area contributed by atoms with E-state index in [4.69, 9.17) is 5.73 Å². The van der Waals surface area contributed by atoms with Crippen LogP contribution in [0.2, 0.25) is 0 Å². The third kappa shape index (κ3) is 7.68. The van der Waals surface area contributed by atoms with Crippen molar-refractivity contribution >= 4 is 17.7 Å². The molecule has 0 saturated carbocycles. The molecule has 0 fully saturated rings. The van der Waals surface area contributed by atoms with E-state index in [1.165, 1.54) is 0 Å². The zero-order valence-electron chi connectivity index (χ0n) is 10.5. The van der Waals surface area contributed by atoms with Gasteiger partial charge in [0.05, 0.1) is 5.25 Å². The number of nitrogens with one attached hydrogen (secondary N) is 1. The predicted octanol–water partition coefficient (Wildman–Crippen LogP) is 1.76. The van der Waals surface area contributed by atoms with Crippen molar-refractivity contribution in [1.29, 1.82) is 0 Å². The molecule has 0 aliphatic rings. The first-order valence-corrected chi connectivity index (χ1v) is 6.52. The molecule has 3 nitrogen and oxygen atoms in total. The molecule has 0 bridgehead atoms. The maximum absolute atomic E-state index is 11.7. The van der Waals surface area contributed by atoms with Gasteiger partial charge in [0.25, 0.3) is 0 Å². The van der Waals surface area contributed by atoms with E-state index in [1.807, 2.05) is 27.7 Å². The van der Waals surface area contributed by atoms with Gasteiger partial charge in [-0.15, -0.1) is 11.8 Å². The average molecular weight is 232 g/mol. The van der Waals surface area contributed by atoms with Crippen molar-refractivity contribution in [3.63, 3.8) is 0 Å². The lowest BCUT2D eigenvalue weighted by atomic mass is 10.1. The first kappa shape index (κ1) is 14.8. The Morgan fingerprint density at radius 3 is 2.40 bits per heavy atom. The molecule has 0 aromatic carbocycles. The molecule has 90 valence electrons. The number of carbonyl (C=O) groups is 1. The van der Waals surface area contributed by atoms with Crippen LogP contribution in [-0.4, -0.2) is 28.5 Å². The van der Waals surface area contributed by atoms with Gasteiger partial charge >= 0.3 is 0 Å². The zero-order chi connectivity index (χ0) is 12.1. The molecule has 2 atom stereocenters. The molecule has 0 aromatic rings. The summed E-state index contributed by atoms with van der Waals surface area (Å²) in [5.74, 6) is 0.904. The van der Waals surface area contributed by atoms with Gasteiger partial charge in [-0.3, -0.25) is 4.79 Å². The highest BCUT2D eigenvalue weighted by Crippen LogP contribution is 2.16. The van der Waals surface area contributed by atoms with Crippen LogP contribution in [0.3, 0.4) is 0 Å². The van der Waals surface area contributed by atoms with Crippen molar-refractivity contribution in [2.24, 2.45) is 5.73 Å². The van der Waals surface area contributed by atoms with Gasteiger partial charge < -0.3 is 11.1 Å². The molecular formula is C11H24N2OS. The molecule has 0 aliphatic carbocycles. The standard InChI is InChI=1S/C11H24N2OS/c1-6-8(2)13-10(14)9(3)15-7-11(4,5)12/h8-9H,6-7,12H2,1-5H3,(H,13,14). The summed E-state index contributed by atoms with van der Waals surface area (Å²) < 4.78 is 0. The molecule has 0 heterocycles. The Morgan fingerprint density at radius 1 is 1.47 bits per heavy atom. The van der Waals surface area contributed by atoms with Crippen molar-refractivity contribution in [3.05, 3.63) is 0 Å². The van der Waals surface area contributed by atoms with Crippen molar-refractivity contribution < 1.29 is 4.79 Å². The van der Waals surface area contributed by atoms with E-state index >= 15 is 0 Å². The first-order valence-electron chi connectivity index (χ1n) is 5.47. The van der Waals surface area contributed by atoms with E-state index in [0.717, 1.165) is 12.2 Å². The minimum Gasteiger partial charge on any atom is -0.353 e. The topological polar surface area (TPSA) is 55.1 Å². The Kier molecular flexibility index (Phi) is 6.29. The average Bonchev–Trinajstić information content (AvgIpc) is 2.12. The van der Waals surface area contributed by atoms with E-state index in [0.29, 0.717) is 0 Å². The van der Waals surface area contributed by atoms with Crippen LogP contribution < -0.4 is 11.1 Å². The van der Waals surface area contributed by atoms with Crippen LogP contribution in [-0.2, 0) is 4.79 Å². The highest BCUT2D eigenvalue weighted by Gasteiger charge is 2.18. The highest BCUT2D eigenvalue weighted by atomic mass is 32.2. The molecule has 15 heavy (non-hydrogen) atoms. The fourth-order valence-corrected chi connectivity index (χ4v) is 1.78. The Hall–Kier alpha value is -0.220. The van der Waals surface area contributed by atoms with Crippen molar-refractivity contribution in [3.8, 4) is 0 Å². The number of nitrogens with two attached hydrogens (primary N) is 1. The summed E-state index contributed by atoms with van der Waals surface area (Å²) in [6.07, 6.45) is 0.964.